The first-order valence-corrected chi connectivity index (χ1v) is 6.34. The monoisotopic (exact) mass is 251 g/mol. The van der Waals surface area contributed by atoms with E-state index in [9.17, 15) is 4.79 Å². The van der Waals surface area contributed by atoms with Crippen LogP contribution >= 0.6 is 0 Å². The first kappa shape index (κ1) is 13.2. The van der Waals surface area contributed by atoms with Gasteiger partial charge in [-0.05, 0) is 32.0 Å². The van der Waals surface area contributed by atoms with Crippen LogP contribution in [0.5, 0.6) is 0 Å². The van der Waals surface area contributed by atoms with E-state index in [-0.39, 0.29) is 5.78 Å². The van der Waals surface area contributed by atoms with Gasteiger partial charge in [-0.15, -0.1) is 0 Å². The van der Waals surface area contributed by atoms with E-state index >= 15 is 0 Å². The standard InChI is InChI=1S/C17H17NO/c1-13-6-8-16(9-7-13)18-11-10-17(19)15-5-3-4-14(2)12-15/h3-9,11-12H,10H2,1-2H3. The molecule has 0 radical (unpaired) electrons. The van der Waals surface area contributed by atoms with Gasteiger partial charge < -0.3 is 0 Å². The second kappa shape index (κ2) is 6.10. The maximum atomic E-state index is 11.9. The van der Waals surface area contributed by atoms with E-state index in [0.29, 0.717) is 6.42 Å². The molecule has 0 N–H and O–H groups in total. The van der Waals surface area contributed by atoms with Crippen LogP contribution in [0.25, 0.3) is 0 Å². The molecular formula is C17H17NO. The van der Waals surface area contributed by atoms with Crippen molar-refractivity contribution in [2.45, 2.75) is 20.3 Å². The highest BCUT2D eigenvalue weighted by Gasteiger charge is 2.03. The molecule has 0 saturated carbocycles. The largest absolute Gasteiger partial charge is 0.294 e. The molecule has 2 aromatic carbocycles. The van der Waals surface area contributed by atoms with E-state index in [0.717, 1.165) is 16.8 Å². The van der Waals surface area contributed by atoms with Crippen molar-refractivity contribution in [3.8, 4) is 0 Å². The summed E-state index contributed by atoms with van der Waals surface area (Å²) in [7, 11) is 0. The van der Waals surface area contributed by atoms with Gasteiger partial charge >= 0.3 is 0 Å². The maximum Gasteiger partial charge on any atom is 0.168 e. The summed E-state index contributed by atoms with van der Waals surface area (Å²) in [6.07, 6.45) is 2.01. The van der Waals surface area contributed by atoms with E-state index in [1.807, 2.05) is 62.4 Å². The minimum absolute atomic E-state index is 0.0968. The number of aliphatic imine (C=N–C) groups is 1. The molecule has 0 aliphatic rings. The zero-order valence-corrected chi connectivity index (χ0v) is 11.3. The highest BCUT2D eigenvalue weighted by atomic mass is 16.1. The third-order valence-electron chi connectivity index (χ3n) is 2.89. The first-order chi connectivity index (χ1) is 9.15. The van der Waals surface area contributed by atoms with E-state index in [1.54, 1.807) is 6.21 Å². The van der Waals surface area contributed by atoms with Gasteiger partial charge in [0.1, 0.15) is 0 Å². The van der Waals surface area contributed by atoms with Crippen molar-refractivity contribution in [2.24, 2.45) is 4.99 Å². The topological polar surface area (TPSA) is 29.4 Å². The van der Waals surface area contributed by atoms with Crippen LogP contribution in [0.3, 0.4) is 0 Å². The predicted molar refractivity (Wildman–Crippen MR) is 79.5 cm³/mol. The molecule has 0 amide bonds. The van der Waals surface area contributed by atoms with Crippen molar-refractivity contribution in [1.82, 2.24) is 0 Å². The molecule has 2 nitrogen and oxygen atoms in total. The molecule has 0 fully saturated rings. The Morgan fingerprint density at radius 3 is 2.47 bits per heavy atom. The molecule has 0 unspecified atom stereocenters. The van der Waals surface area contributed by atoms with Crippen molar-refractivity contribution in [3.05, 3.63) is 65.2 Å². The first-order valence-electron chi connectivity index (χ1n) is 6.34. The van der Waals surface area contributed by atoms with Gasteiger partial charge in [-0.2, -0.15) is 0 Å². The van der Waals surface area contributed by atoms with Gasteiger partial charge in [0.2, 0.25) is 0 Å². The molecule has 0 heterocycles. The van der Waals surface area contributed by atoms with Crippen LogP contribution in [0.15, 0.2) is 53.5 Å². The van der Waals surface area contributed by atoms with Crippen molar-refractivity contribution < 1.29 is 4.79 Å². The van der Waals surface area contributed by atoms with Gasteiger partial charge in [0.15, 0.2) is 5.78 Å². The average molecular weight is 251 g/mol. The Balaban J connectivity index is 1.98. The number of carbonyl (C=O) groups is 1. The number of aryl methyl sites for hydroxylation is 2. The second-order valence-electron chi connectivity index (χ2n) is 4.64. The van der Waals surface area contributed by atoms with Gasteiger partial charge in [-0.1, -0.05) is 41.5 Å². The number of ketones is 1. The average Bonchev–Trinajstić information content (AvgIpc) is 2.41. The smallest absolute Gasteiger partial charge is 0.168 e. The van der Waals surface area contributed by atoms with E-state index in [4.69, 9.17) is 0 Å². The van der Waals surface area contributed by atoms with Crippen LogP contribution in [0.1, 0.15) is 27.9 Å². The zero-order valence-electron chi connectivity index (χ0n) is 11.3. The summed E-state index contributed by atoms with van der Waals surface area (Å²) in [6, 6.07) is 15.5. The molecule has 0 bridgehead atoms. The Labute approximate surface area is 113 Å². The Morgan fingerprint density at radius 2 is 1.79 bits per heavy atom. The number of hydrogen-bond acceptors (Lipinski definition) is 2. The van der Waals surface area contributed by atoms with Gasteiger partial charge in [-0.25, -0.2) is 0 Å². The number of rotatable bonds is 4. The maximum absolute atomic E-state index is 11.9. The van der Waals surface area contributed by atoms with Gasteiger partial charge in [0, 0.05) is 18.2 Å². The molecule has 2 heteroatoms. The summed E-state index contributed by atoms with van der Waals surface area (Å²) in [5.74, 6) is 0.0968. The Hall–Kier alpha value is -2.22. The molecule has 2 aromatic rings. The highest BCUT2D eigenvalue weighted by molar-refractivity contribution is 6.03. The number of nitrogens with zero attached hydrogens (tertiary/aromatic N) is 1. The lowest BCUT2D eigenvalue weighted by atomic mass is 10.1. The quantitative estimate of drug-likeness (QED) is 0.589. The number of carbonyl (C=O) groups excluding carboxylic acids is 1. The molecular weight excluding hydrogens is 234 g/mol. The van der Waals surface area contributed by atoms with E-state index in [2.05, 4.69) is 4.99 Å². The van der Waals surface area contributed by atoms with Crippen molar-refractivity contribution in [3.63, 3.8) is 0 Å². The van der Waals surface area contributed by atoms with Gasteiger partial charge in [-0.3, -0.25) is 9.79 Å². The van der Waals surface area contributed by atoms with Gasteiger partial charge in [0.25, 0.3) is 0 Å². The van der Waals surface area contributed by atoms with Crippen molar-refractivity contribution >= 4 is 17.7 Å². The molecule has 96 valence electrons. The minimum Gasteiger partial charge on any atom is -0.294 e. The fourth-order valence-corrected chi connectivity index (χ4v) is 1.80. The molecule has 19 heavy (non-hydrogen) atoms. The normalized spacial score (nSPS) is 10.8. The summed E-state index contributed by atoms with van der Waals surface area (Å²) in [5, 5.41) is 0. The van der Waals surface area contributed by atoms with Crippen LogP contribution in [-0.2, 0) is 0 Å². The summed E-state index contributed by atoms with van der Waals surface area (Å²) in [6.45, 7) is 4.02. The molecule has 0 aromatic heterocycles. The highest BCUT2D eigenvalue weighted by Crippen LogP contribution is 2.12. The lowest BCUT2D eigenvalue weighted by Gasteiger charge is -1.99. The summed E-state index contributed by atoms with van der Waals surface area (Å²) < 4.78 is 0. The van der Waals surface area contributed by atoms with Crippen LogP contribution in [0.4, 0.5) is 5.69 Å². The van der Waals surface area contributed by atoms with E-state index in [1.165, 1.54) is 5.56 Å². The van der Waals surface area contributed by atoms with Crippen LogP contribution in [0.2, 0.25) is 0 Å². The fourth-order valence-electron chi connectivity index (χ4n) is 1.80. The summed E-state index contributed by atoms with van der Waals surface area (Å²) in [4.78, 5) is 16.2. The number of hydrogen-bond donors (Lipinski definition) is 0. The van der Waals surface area contributed by atoms with E-state index < -0.39 is 0 Å². The SMILES string of the molecule is Cc1ccc(N=CCC(=O)c2cccc(C)c2)cc1. The summed E-state index contributed by atoms with van der Waals surface area (Å²) >= 11 is 0. The van der Waals surface area contributed by atoms with Crippen molar-refractivity contribution in [1.29, 1.82) is 0 Å². The second-order valence-corrected chi connectivity index (χ2v) is 4.64. The predicted octanol–water partition coefficient (Wildman–Crippen LogP) is 4.28. The third kappa shape index (κ3) is 3.88. The fraction of sp³-hybridized carbons (Fsp3) is 0.176. The molecule has 2 rings (SSSR count). The number of benzene rings is 2. The van der Waals surface area contributed by atoms with Crippen LogP contribution < -0.4 is 0 Å². The lowest BCUT2D eigenvalue weighted by molar-refractivity contribution is 0.100. The van der Waals surface area contributed by atoms with Crippen molar-refractivity contribution in [2.75, 3.05) is 0 Å². The lowest BCUT2D eigenvalue weighted by Crippen LogP contribution is -1.99. The Kier molecular flexibility index (Phi) is 4.24. The molecule has 0 aliphatic carbocycles. The molecule has 0 atom stereocenters. The minimum atomic E-state index is 0.0968. The number of Topliss-reactive ketones (excluding diaryl/α,β-unsaturated/α-hetero) is 1. The Morgan fingerprint density at radius 1 is 1.05 bits per heavy atom. The van der Waals surface area contributed by atoms with Gasteiger partial charge in [0.05, 0.1) is 5.69 Å². The van der Waals surface area contributed by atoms with Crippen LogP contribution in [0, 0.1) is 13.8 Å². The molecule has 0 saturated heterocycles. The zero-order chi connectivity index (χ0) is 13.7. The summed E-state index contributed by atoms with van der Waals surface area (Å²) in [5.41, 5.74) is 3.93. The van der Waals surface area contributed by atoms with Crippen LogP contribution in [-0.4, -0.2) is 12.0 Å². The third-order valence-corrected chi connectivity index (χ3v) is 2.89. The Bertz CT molecular complexity index is 597. The molecule has 0 aliphatic heterocycles. The molecule has 0 spiro atoms.